The number of nitrogens with one attached hydrogen (secondary N) is 1. The van der Waals surface area contributed by atoms with Gasteiger partial charge in [0.2, 0.25) is 0 Å². The summed E-state index contributed by atoms with van der Waals surface area (Å²) < 4.78 is 5.13. The third-order valence-corrected chi connectivity index (χ3v) is 3.71. The van der Waals surface area contributed by atoms with E-state index in [9.17, 15) is 0 Å². The van der Waals surface area contributed by atoms with Gasteiger partial charge in [-0.3, -0.25) is 4.99 Å². The fourth-order valence-corrected chi connectivity index (χ4v) is 2.06. The molecule has 1 rings (SSSR count). The van der Waals surface area contributed by atoms with Crippen LogP contribution in [0.5, 0.6) is 0 Å². The Labute approximate surface area is 135 Å². The zero-order valence-corrected chi connectivity index (χ0v) is 14.7. The Balaban J connectivity index is 0.00000324. The molecule has 1 saturated carbocycles. The molecule has 0 spiro atoms. The molecule has 0 amide bonds. The van der Waals surface area contributed by atoms with Gasteiger partial charge in [-0.2, -0.15) is 0 Å². The number of methoxy groups -OCH3 is 1. The van der Waals surface area contributed by atoms with Gasteiger partial charge >= 0.3 is 0 Å². The van der Waals surface area contributed by atoms with E-state index < -0.39 is 0 Å². The minimum Gasteiger partial charge on any atom is -0.385 e. The summed E-state index contributed by atoms with van der Waals surface area (Å²) in [4.78, 5) is 4.46. The van der Waals surface area contributed by atoms with Crippen LogP contribution in [-0.2, 0) is 4.74 Å². The Bertz CT molecular complexity index is 255. The average Bonchev–Trinajstić information content (AvgIpc) is 3.14. The third kappa shape index (κ3) is 8.68. The van der Waals surface area contributed by atoms with Crippen molar-refractivity contribution in [3.8, 4) is 0 Å². The van der Waals surface area contributed by atoms with E-state index in [-0.39, 0.29) is 24.0 Å². The number of guanidine groups is 1. The molecule has 4 nitrogen and oxygen atoms in total. The fraction of sp³-hybridized carbons (Fsp3) is 0.929. The molecule has 1 fully saturated rings. The van der Waals surface area contributed by atoms with Gasteiger partial charge in [0.25, 0.3) is 0 Å². The quantitative estimate of drug-likeness (QED) is 0.264. The molecule has 1 aliphatic carbocycles. The molecule has 0 aromatic rings. The van der Waals surface area contributed by atoms with Crippen LogP contribution in [0.3, 0.4) is 0 Å². The Morgan fingerprint density at radius 1 is 1.32 bits per heavy atom. The molecule has 0 radical (unpaired) electrons. The van der Waals surface area contributed by atoms with Crippen molar-refractivity contribution in [2.75, 3.05) is 26.8 Å². The van der Waals surface area contributed by atoms with Crippen molar-refractivity contribution in [3.63, 3.8) is 0 Å². The monoisotopic (exact) mass is 383 g/mol. The summed E-state index contributed by atoms with van der Waals surface area (Å²) in [5.41, 5.74) is 6.25. The second-order valence-corrected chi connectivity index (χ2v) is 5.43. The van der Waals surface area contributed by atoms with Gasteiger partial charge in [0.05, 0.1) is 0 Å². The van der Waals surface area contributed by atoms with Crippen molar-refractivity contribution in [2.24, 2.45) is 16.1 Å². The lowest BCUT2D eigenvalue weighted by molar-refractivity contribution is 0.174. The van der Waals surface area contributed by atoms with E-state index in [0.29, 0.717) is 11.4 Å². The maximum atomic E-state index is 5.86. The summed E-state index contributed by atoms with van der Waals surface area (Å²) in [5, 5.41) is 3.19. The molecular formula is C14H30IN3O. The molecule has 0 aliphatic heterocycles. The Hall–Kier alpha value is -0.0400. The predicted octanol–water partition coefficient (Wildman–Crippen LogP) is 2.91. The molecule has 0 atom stereocenters. The van der Waals surface area contributed by atoms with Crippen LogP contribution in [0.2, 0.25) is 0 Å². The Morgan fingerprint density at radius 3 is 2.63 bits per heavy atom. The van der Waals surface area contributed by atoms with Gasteiger partial charge in [0.15, 0.2) is 5.96 Å². The standard InChI is InChI=1S/C14H29N3O.HI/c1-3-4-5-6-10-16-13(15)17-12-14(7-8-14)9-11-18-2;/h3-12H2,1-2H3,(H3,15,16,17);1H. The van der Waals surface area contributed by atoms with Crippen LogP contribution < -0.4 is 11.1 Å². The first-order chi connectivity index (χ1) is 8.72. The topological polar surface area (TPSA) is 59.6 Å². The van der Waals surface area contributed by atoms with Crippen molar-refractivity contribution < 1.29 is 4.74 Å². The van der Waals surface area contributed by atoms with E-state index in [0.717, 1.165) is 26.1 Å². The maximum absolute atomic E-state index is 5.86. The molecule has 0 heterocycles. The average molecular weight is 383 g/mol. The molecule has 0 aromatic carbocycles. The SMILES string of the molecule is CCCCCCNC(N)=NCC1(CCOC)CC1.I. The number of aliphatic imine (C=N–C) groups is 1. The number of nitrogens with zero attached hydrogens (tertiary/aromatic N) is 1. The minimum atomic E-state index is 0. The van der Waals surface area contributed by atoms with Crippen LogP contribution in [0, 0.1) is 5.41 Å². The summed E-state index contributed by atoms with van der Waals surface area (Å²) in [6.07, 6.45) is 8.67. The van der Waals surface area contributed by atoms with Gasteiger partial charge in [-0.05, 0) is 31.1 Å². The van der Waals surface area contributed by atoms with Crippen LogP contribution in [0.15, 0.2) is 4.99 Å². The van der Waals surface area contributed by atoms with E-state index >= 15 is 0 Å². The fourth-order valence-electron chi connectivity index (χ4n) is 2.06. The Morgan fingerprint density at radius 2 is 2.05 bits per heavy atom. The molecule has 5 heteroatoms. The lowest BCUT2D eigenvalue weighted by Crippen LogP contribution is -2.33. The van der Waals surface area contributed by atoms with E-state index in [2.05, 4.69) is 17.2 Å². The van der Waals surface area contributed by atoms with Gasteiger partial charge < -0.3 is 15.8 Å². The molecule has 0 saturated heterocycles. The molecule has 3 N–H and O–H groups in total. The first-order valence-corrected chi connectivity index (χ1v) is 7.25. The molecule has 0 aromatic heterocycles. The van der Waals surface area contributed by atoms with Gasteiger partial charge in [-0.1, -0.05) is 26.2 Å². The van der Waals surface area contributed by atoms with E-state index in [1.807, 2.05) is 0 Å². The minimum absolute atomic E-state index is 0. The molecule has 0 unspecified atom stereocenters. The second-order valence-electron chi connectivity index (χ2n) is 5.43. The number of halogens is 1. The summed E-state index contributed by atoms with van der Waals surface area (Å²) >= 11 is 0. The maximum Gasteiger partial charge on any atom is 0.188 e. The van der Waals surface area contributed by atoms with Gasteiger partial charge in [0.1, 0.15) is 0 Å². The second kappa shape index (κ2) is 10.7. The number of nitrogens with two attached hydrogens (primary N) is 1. The van der Waals surface area contributed by atoms with E-state index in [1.165, 1.54) is 38.5 Å². The van der Waals surface area contributed by atoms with Crippen molar-refractivity contribution in [1.29, 1.82) is 0 Å². The summed E-state index contributed by atoms with van der Waals surface area (Å²) in [6, 6.07) is 0. The number of unbranched alkanes of at least 4 members (excludes halogenated alkanes) is 3. The van der Waals surface area contributed by atoms with Crippen molar-refractivity contribution >= 4 is 29.9 Å². The number of rotatable bonds is 10. The van der Waals surface area contributed by atoms with Gasteiger partial charge in [0, 0.05) is 26.8 Å². The molecule has 1 aliphatic rings. The highest BCUT2D eigenvalue weighted by atomic mass is 127. The molecular weight excluding hydrogens is 353 g/mol. The van der Waals surface area contributed by atoms with Crippen LogP contribution in [0.1, 0.15) is 51.9 Å². The lowest BCUT2D eigenvalue weighted by Gasteiger charge is -2.12. The third-order valence-electron chi connectivity index (χ3n) is 3.71. The largest absolute Gasteiger partial charge is 0.385 e. The van der Waals surface area contributed by atoms with Crippen molar-refractivity contribution in [1.82, 2.24) is 5.32 Å². The number of hydrogen-bond acceptors (Lipinski definition) is 2. The predicted molar refractivity (Wildman–Crippen MR) is 92.2 cm³/mol. The lowest BCUT2D eigenvalue weighted by atomic mass is 10.0. The highest BCUT2D eigenvalue weighted by Gasteiger charge is 2.41. The number of ether oxygens (including phenoxy) is 1. The molecule has 19 heavy (non-hydrogen) atoms. The summed E-state index contributed by atoms with van der Waals surface area (Å²) in [7, 11) is 1.76. The van der Waals surface area contributed by atoms with E-state index in [1.54, 1.807) is 7.11 Å². The highest BCUT2D eigenvalue weighted by Crippen LogP contribution is 2.48. The van der Waals surface area contributed by atoms with Crippen molar-refractivity contribution in [2.45, 2.75) is 51.9 Å². The first kappa shape index (κ1) is 19.0. The summed E-state index contributed by atoms with van der Waals surface area (Å²) in [6.45, 7) is 4.85. The zero-order valence-electron chi connectivity index (χ0n) is 12.4. The first-order valence-electron chi connectivity index (χ1n) is 7.25. The van der Waals surface area contributed by atoms with Crippen molar-refractivity contribution in [3.05, 3.63) is 0 Å². The Kier molecular flexibility index (Phi) is 10.7. The van der Waals surface area contributed by atoms with Crippen LogP contribution in [0.25, 0.3) is 0 Å². The molecule has 114 valence electrons. The van der Waals surface area contributed by atoms with Crippen LogP contribution >= 0.6 is 24.0 Å². The van der Waals surface area contributed by atoms with Crippen LogP contribution in [-0.4, -0.2) is 32.8 Å². The zero-order chi connectivity index (χ0) is 13.3. The summed E-state index contributed by atoms with van der Waals surface area (Å²) in [5.74, 6) is 0.607. The molecule has 0 bridgehead atoms. The van der Waals surface area contributed by atoms with Crippen LogP contribution in [0.4, 0.5) is 0 Å². The smallest absolute Gasteiger partial charge is 0.188 e. The normalized spacial score (nSPS) is 16.8. The number of hydrogen-bond donors (Lipinski definition) is 2. The van der Waals surface area contributed by atoms with Gasteiger partial charge in [-0.25, -0.2) is 0 Å². The van der Waals surface area contributed by atoms with E-state index in [4.69, 9.17) is 10.5 Å². The highest BCUT2D eigenvalue weighted by molar-refractivity contribution is 14.0. The van der Waals surface area contributed by atoms with Gasteiger partial charge in [-0.15, -0.1) is 24.0 Å².